The van der Waals surface area contributed by atoms with E-state index < -0.39 is 11.9 Å². The summed E-state index contributed by atoms with van der Waals surface area (Å²) in [6.07, 6.45) is 16.0. The molecule has 0 aromatic heterocycles. The van der Waals surface area contributed by atoms with Gasteiger partial charge in [-0.2, -0.15) is 0 Å². The van der Waals surface area contributed by atoms with E-state index in [-0.39, 0.29) is 0 Å². The average Bonchev–Trinajstić information content (AvgIpc) is 2.31. The van der Waals surface area contributed by atoms with Gasteiger partial charge in [0.25, 0.3) is 0 Å². The second kappa shape index (κ2) is 4.97. The van der Waals surface area contributed by atoms with E-state index in [1.807, 2.05) is 24.3 Å². The lowest BCUT2D eigenvalue weighted by Gasteiger charge is -2.19. The van der Waals surface area contributed by atoms with Crippen LogP contribution in [-0.2, 0) is 4.79 Å². The predicted octanol–water partition coefficient (Wildman–Crippen LogP) is 3.24. The molecule has 0 atom stereocenters. The molecular weight excluding hydrogens is 200 g/mol. The van der Waals surface area contributed by atoms with E-state index in [2.05, 4.69) is 12.2 Å². The number of rotatable bonds is 3. The minimum absolute atomic E-state index is 0.479. The van der Waals surface area contributed by atoms with Crippen LogP contribution in [0.1, 0.15) is 25.7 Å². The number of hydrogen-bond acceptors (Lipinski definition) is 1. The molecule has 1 N–H and O–H groups in total. The van der Waals surface area contributed by atoms with Gasteiger partial charge < -0.3 is 5.11 Å². The zero-order valence-corrected chi connectivity index (χ0v) is 9.23. The van der Waals surface area contributed by atoms with E-state index >= 15 is 0 Å². The molecule has 84 valence electrons. The number of hydrogen-bond donors (Lipinski definition) is 1. The smallest absolute Gasteiger partial charge is 0.315 e. The van der Waals surface area contributed by atoms with Gasteiger partial charge in [0, 0.05) is 0 Å². The molecular formula is C14H16O2. The monoisotopic (exact) mass is 216 g/mol. The van der Waals surface area contributed by atoms with Gasteiger partial charge in [0.05, 0.1) is 0 Å². The summed E-state index contributed by atoms with van der Waals surface area (Å²) >= 11 is 0. The van der Waals surface area contributed by atoms with Crippen LogP contribution in [0.15, 0.2) is 47.6 Å². The first-order valence-electron chi connectivity index (χ1n) is 5.75. The molecule has 0 amide bonds. The molecule has 0 radical (unpaired) electrons. The van der Waals surface area contributed by atoms with Gasteiger partial charge in [0.15, 0.2) is 0 Å². The third-order valence-corrected chi connectivity index (χ3v) is 2.96. The molecule has 0 aliphatic heterocycles. The van der Waals surface area contributed by atoms with Crippen LogP contribution in [0, 0.1) is 5.92 Å². The summed E-state index contributed by atoms with van der Waals surface area (Å²) in [4.78, 5) is 11.3. The van der Waals surface area contributed by atoms with Crippen LogP contribution in [-0.4, -0.2) is 11.1 Å². The largest absolute Gasteiger partial charge is 0.481 e. The topological polar surface area (TPSA) is 37.3 Å². The zero-order valence-electron chi connectivity index (χ0n) is 9.23. The first-order valence-corrected chi connectivity index (χ1v) is 5.75. The minimum atomic E-state index is -0.754. The highest BCUT2D eigenvalue weighted by atomic mass is 16.4. The highest BCUT2D eigenvalue weighted by Gasteiger charge is 2.24. The number of carbonyl (C=O) groups is 1. The molecule has 0 aromatic rings. The van der Waals surface area contributed by atoms with E-state index in [0.717, 1.165) is 36.8 Å². The maximum absolute atomic E-state index is 11.3. The van der Waals surface area contributed by atoms with Crippen molar-refractivity contribution in [2.45, 2.75) is 25.7 Å². The average molecular weight is 216 g/mol. The van der Waals surface area contributed by atoms with Gasteiger partial charge in [-0.25, -0.2) is 0 Å². The van der Waals surface area contributed by atoms with Crippen LogP contribution in [0.5, 0.6) is 0 Å². The van der Waals surface area contributed by atoms with Crippen LogP contribution >= 0.6 is 0 Å². The molecule has 2 heteroatoms. The summed E-state index contributed by atoms with van der Waals surface area (Å²) in [5, 5.41) is 9.33. The van der Waals surface area contributed by atoms with Crippen LogP contribution < -0.4 is 0 Å². The molecule has 0 aromatic carbocycles. The van der Waals surface area contributed by atoms with Crippen molar-refractivity contribution in [3.63, 3.8) is 0 Å². The maximum atomic E-state index is 11.3. The fourth-order valence-electron chi connectivity index (χ4n) is 2.17. The number of carboxylic acid groups (broad SMARTS) is 1. The van der Waals surface area contributed by atoms with Crippen molar-refractivity contribution in [1.82, 2.24) is 0 Å². The third kappa shape index (κ3) is 2.32. The lowest BCUT2D eigenvalue weighted by molar-refractivity contribution is -0.139. The summed E-state index contributed by atoms with van der Waals surface area (Å²) in [5.74, 6) is -1.23. The molecule has 0 heterocycles. The molecule has 2 rings (SSSR count). The quantitative estimate of drug-likeness (QED) is 0.786. The van der Waals surface area contributed by atoms with E-state index in [1.165, 1.54) is 0 Å². The van der Waals surface area contributed by atoms with Crippen molar-refractivity contribution >= 4 is 5.97 Å². The number of carboxylic acids is 1. The van der Waals surface area contributed by atoms with Crippen LogP contribution in [0.4, 0.5) is 0 Å². The summed E-state index contributed by atoms with van der Waals surface area (Å²) in [6.45, 7) is 0. The Balaban J connectivity index is 2.26. The Labute approximate surface area is 95.7 Å². The van der Waals surface area contributed by atoms with Crippen molar-refractivity contribution in [3.05, 3.63) is 47.6 Å². The van der Waals surface area contributed by atoms with Gasteiger partial charge in [0.1, 0.15) is 5.92 Å². The van der Waals surface area contributed by atoms with Gasteiger partial charge in [-0.15, -0.1) is 0 Å². The highest BCUT2D eigenvalue weighted by molar-refractivity contribution is 5.79. The second-order valence-electron chi connectivity index (χ2n) is 4.14. The summed E-state index contributed by atoms with van der Waals surface area (Å²) in [5.41, 5.74) is 1.85. The van der Waals surface area contributed by atoms with E-state index in [1.54, 1.807) is 0 Å². The fraction of sp³-hybridized carbons (Fsp3) is 0.357. The zero-order chi connectivity index (χ0) is 11.4. The van der Waals surface area contributed by atoms with Crippen LogP contribution in [0.2, 0.25) is 0 Å². The third-order valence-electron chi connectivity index (χ3n) is 2.96. The van der Waals surface area contributed by atoms with Crippen LogP contribution in [0.3, 0.4) is 0 Å². The first kappa shape index (κ1) is 10.9. The molecule has 0 unspecified atom stereocenters. The van der Waals surface area contributed by atoms with Crippen molar-refractivity contribution in [2.75, 3.05) is 0 Å². The molecule has 2 aliphatic rings. The number of aliphatic carboxylic acids is 1. The lowest BCUT2D eigenvalue weighted by atomic mass is 9.85. The van der Waals surface area contributed by atoms with Crippen molar-refractivity contribution in [3.8, 4) is 0 Å². The Kier molecular flexibility index (Phi) is 3.40. The molecule has 16 heavy (non-hydrogen) atoms. The first-order chi connectivity index (χ1) is 7.79. The Morgan fingerprint density at radius 3 is 1.81 bits per heavy atom. The number of allylic oxidation sites excluding steroid dienone is 6. The van der Waals surface area contributed by atoms with Gasteiger partial charge in [-0.1, -0.05) is 36.5 Å². The van der Waals surface area contributed by atoms with Crippen molar-refractivity contribution in [1.29, 1.82) is 0 Å². The van der Waals surface area contributed by atoms with Gasteiger partial charge >= 0.3 is 5.97 Å². The lowest BCUT2D eigenvalue weighted by Crippen LogP contribution is -2.18. The Morgan fingerprint density at radius 1 is 1.00 bits per heavy atom. The molecule has 0 fully saturated rings. The second-order valence-corrected chi connectivity index (χ2v) is 4.14. The maximum Gasteiger partial charge on any atom is 0.315 e. The van der Waals surface area contributed by atoms with Crippen molar-refractivity contribution < 1.29 is 9.90 Å². The Morgan fingerprint density at radius 2 is 1.50 bits per heavy atom. The summed E-state index contributed by atoms with van der Waals surface area (Å²) in [6, 6.07) is 0. The molecule has 0 saturated heterocycles. The minimum Gasteiger partial charge on any atom is -0.481 e. The molecule has 0 saturated carbocycles. The SMILES string of the molecule is O=C(O)C(C1=CCCC=C1)C1=CCCC=C1. The van der Waals surface area contributed by atoms with E-state index in [0.29, 0.717) is 0 Å². The summed E-state index contributed by atoms with van der Waals surface area (Å²) < 4.78 is 0. The normalized spacial score (nSPS) is 19.6. The molecule has 0 spiro atoms. The van der Waals surface area contributed by atoms with Gasteiger partial charge in [0.2, 0.25) is 0 Å². The van der Waals surface area contributed by atoms with E-state index in [9.17, 15) is 9.90 Å². The molecule has 2 aliphatic carbocycles. The standard InChI is InChI=1S/C14H16O2/c15-14(16)13(11-7-3-1-4-8-11)12-9-5-2-6-10-12/h3,5,7-10,13H,1-2,4,6H2,(H,15,16). The summed E-state index contributed by atoms with van der Waals surface area (Å²) in [7, 11) is 0. The highest BCUT2D eigenvalue weighted by Crippen LogP contribution is 2.28. The van der Waals surface area contributed by atoms with Crippen molar-refractivity contribution in [2.24, 2.45) is 5.92 Å². The van der Waals surface area contributed by atoms with Gasteiger partial charge in [-0.05, 0) is 36.8 Å². The van der Waals surface area contributed by atoms with E-state index in [4.69, 9.17) is 0 Å². The van der Waals surface area contributed by atoms with Gasteiger partial charge in [-0.3, -0.25) is 4.79 Å². The molecule has 2 nitrogen and oxygen atoms in total. The fourth-order valence-corrected chi connectivity index (χ4v) is 2.17. The molecule has 0 bridgehead atoms. The Hall–Kier alpha value is -1.57. The van der Waals surface area contributed by atoms with Crippen LogP contribution in [0.25, 0.3) is 0 Å². The Bertz CT molecular complexity index is 365. The predicted molar refractivity (Wildman–Crippen MR) is 64.0 cm³/mol.